The van der Waals surface area contributed by atoms with Crippen LogP contribution in [0, 0.1) is 11.3 Å². The molecule has 7 nitrogen and oxygen atoms in total. The zero-order chi connectivity index (χ0) is 22.8. The van der Waals surface area contributed by atoms with E-state index in [1.807, 2.05) is 30.3 Å². The van der Waals surface area contributed by atoms with Gasteiger partial charge in [0.1, 0.15) is 5.52 Å². The predicted molar refractivity (Wildman–Crippen MR) is 125 cm³/mol. The molecule has 5 rings (SSSR count). The zero-order valence-electron chi connectivity index (χ0n) is 17.3. The molecule has 1 unspecified atom stereocenters. The maximum absolute atomic E-state index is 12.2. The molecular formula is C25H17N4O3S-. The van der Waals surface area contributed by atoms with Gasteiger partial charge in [-0.05, 0) is 54.4 Å². The molecule has 0 saturated carbocycles. The van der Waals surface area contributed by atoms with Crippen LogP contribution in [-0.2, 0) is 24.1 Å². The third-order valence-corrected chi connectivity index (χ3v) is 6.05. The number of para-hydroxylation sites is 1. The van der Waals surface area contributed by atoms with Crippen LogP contribution in [0.5, 0.6) is 0 Å². The number of benzene rings is 3. The summed E-state index contributed by atoms with van der Waals surface area (Å²) < 4.78 is 31.5. The smallest absolute Gasteiger partial charge is 0.195 e. The lowest BCUT2D eigenvalue weighted by Gasteiger charge is -2.27. The second-order valence-corrected chi connectivity index (χ2v) is 8.23. The highest BCUT2D eigenvalue weighted by atomic mass is 32.2. The molecule has 8 heteroatoms. The summed E-state index contributed by atoms with van der Waals surface area (Å²) in [7, 11) is 0. The number of hydrogen-bond donors (Lipinski definition) is 0. The van der Waals surface area contributed by atoms with Gasteiger partial charge in [-0.3, -0.25) is 13.5 Å². The molecule has 0 aliphatic carbocycles. The Morgan fingerprint density at radius 1 is 1.03 bits per heavy atom. The van der Waals surface area contributed by atoms with Gasteiger partial charge >= 0.3 is 0 Å². The summed E-state index contributed by atoms with van der Waals surface area (Å²) in [6, 6.07) is 23.7. The Balaban J connectivity index is 1.45. The van der Waals surface area contributed by atoms with Crippen LogP contribution >= 0.6 is 0 Å². The van der Waals surface area contributed by atoms with Crippen LogP contribution in [-0.4, -0.2) is 18.7 Å². The van der Waals surface area contributed by atoms with E-state index in [0.29, 0.717) is 52.3 Å². The summed E-state index contributed by atoms with van der Waals surface area (Å²) in [6.45, 7) is 0. The summed E-state index contributed by atoms with van der Waals surface area (Å²) in [5, 5.41) is 9.76. The summed E-state index contributed by atoms with van der Waals surface area (Å²) in [5.74, 6) is 0.563. The normalized spacial score (nSPS) is 12.0. The number of oxazole rings is 1. The second kappa shape index (κ2) is 8.82. The van der Waals surface area contributed by atoms with E-state index in [1.165, 1.54) is 4.31 Å². The summed E-state index contributed by atoms with van der Waals surface area (Å²) >= 11 is -2.57. The Kier molecular flexibility index (Phi) is 5.57. The molecule has 0 aliphatic heterocycles. The van der Waals surface area contributed by atoms with Crippen LogP contribution in [0.2, 0.25) is 0 Å². The number of nitrogens with zero attached hydrogens (tertiary/aromatic N) is 4. The van der Waals surface area contributed by atoms with Gasteiger partial charge in [0.25, 0.3) is 0 Å². The summed E-state index contributed by atoms with van der Waals surface area (Å²) in [5.41, 5.74) is 4.36. The molecule has 33 heavy (non-hydrogen) atoms. The lowest BCUT2D eigenvalue weighted by molar-refractivity contribution is 0.528. The van der Waals surface area contributed by atoms with Crippen molar-refractivity contribution in [2.75, 3.05) is 4.31 Å². The first-order chi connectivity index (χ1) is 16.1. The van der Waals surface area contributed by atoms with Crippen LogP contribution < -0.4 is 4.31 Å². The van der Waals surface area contributed by atoms with Crippen LogP contribution in [0.4, 0.5) is 11.4 Å². The highest BCUT2D eigenvalue weighted by molar-refractivity contribution is 7.81. The molecule has 0 saturated heterocycles. The highest BCUT2D eigenvalue weighted by Crippen LogP contribution is 2.34. The first kappa shape index (κ1) is 20.8. The predicted octanol–water partition coefficient (Wildman–Crippen LogP) is 4.97. The SMILES string of the molecule is N#Cc1ccc(CCc2nc3cc(N(c4cccc5cccnc45)S(=O)[O-])ccc3o2)cc1. The first-order valence-corrected chi connectivity index (χ1v) is 11.3. The molecule has 0 amide bonds. The van der Waals surface area contributed by atoms with Gasteiger partial charge in [0.05, 0.1) is 39.8 Å². The number of rotatable bonds is 6. The average Bonchev–Trinajstić information content (AvgIpc) is 3.25. The van der Waals surface area contributed by atoms with Crippen LogP contribution in [0.1, 0.15) is 17.0 Å². The molecule has 0 fully saturated rings. The van der Waals surface area contributed by atoms with E-state index in [-0.39, 0.29) is 0 Å². The van der Waals surface area contributed by atoms with Crippen molar-refractivity contribution in [3.63, 3.8) is 0 Å². The number of nitriles is 1. The van der Waals surface area contributed by atoms with Gasteiger partial charge in [0.15, 0.2) is 11.5 Å². The van der Waals surface area contributed by atoms with E-state index >= 15 is 0 Å². The number of hydrogen-bond acceptors (Lipinski definition) is 6. The van der Waals surface area contributed by atoms with Gasteiger partial charge < -0.3 is 8.97 Å². The largest absolute Gasteiger partial charge is 0.755 e. The minimum Gasteiger partial charge on any atom is -0.755 e. The van der Waals surface area contributed by atoms with Gasteiger partial charge in [-0.1, -0.05) is 30.3 Å². The van der Waals surface area contributed by atoms with Crippen molar-refractivity contribution in [3.8, 4) is 6.07 Å². The quantitative estimate of drug-likeness (QED) is 0.336. The molecule has 2 aromatic heterocycles. The lowest BCUT2D eigenvalue weighted by atomic mass is 10.1. The summed E-state index contributed by atoms with van der Waals surface area (Å²) in [4.78, 5) is 8.93. The Hall–Kier alpha value is -4.06. The number of fused-ring (bicyclic) bond motifs is 2. The molecule has 5 aromatic rings. The van der Waals surface area contributed by atoms with Gasteiger partial charge in [-0.15, -0.1) is 0 Å². The number of aromatic nitrogens is 2. The lowest BCUT2D eigenvalue weighted by Crippen LogP contribution is -2.20. The molecule has 0 bridgehead atoms. The van der Waals surface area contributed by atoms with E-state index in [1.54, 1.807) is 48.7 Å². The van der Waals surface area contributed by atoms with Crippen molar-refractivity contribution >= 4 is 44.6 Å². The van der Waals surface area contributed by atoms with Crippen molar-refractivity contribution in [2.24, 2.45) is 0 Å². The molecule has 0 N–H and O–H groups in total. The number of anilines is 2. The van der Waals surface area contributed by atoms with Crippen LogP contribution in [0.3, 0.4) is 0 Å². The Bertz CT molecular complexity index is 1520. The third kappa shape index (κ3) is 4.20. The van der Waals surface area contributed by atoms with Crippen LogP contribution in [0.15, 0.2) is 83.4 Å². The Morgan fingerprint density at radius 3 is 2.64 bits per heavy atom. The topological polar surface area (TPSA) is 106 Å². The fourth-order valence-corrected chi connectivity index (χ4v) is 4.35. The van der Waals surface area contributed by atoms with E-state index in [4.69, 9.17) is 9.68 Å². The van der Waals surface area contributed by atoms with Crippen molar-refractivity contribution in [1.82, 2.24) is 9.97 Å². The molecule has 0 aliphatic rings. The minimum absolute atomic E-state index is 0.445. The van der Waals surface area contributed by atoms with E-state index in [0.717, 1.165) is 10.9 Å². The van der Waals surface area contributed by atoms with Gasteiger partial charge in [-0.25, -0.2) is 4.98 Å². The Labute approximate surface area is 192 Å². The van der Waals surface area contributed by atoms with E-state index in [9.17, 15) is 8.76 Å². The molecule has 2 heterocycles. The average molecular weight is 454 g/mol. The maximum Gasteiger partial charge on any atom is 0.195 e. The van der Waals surface area contributed by atoms with Crippen molar-refractivity contribution in [3.05, 3.63) is 96.0 Å². The maximum atomic E-state index is 12.2. The molecule has 0 spiro atoms. The fourth-order valence-electron chi connectivity index (χ4n) is 3.75. The van der Waals surface area contributed by atoms with Gasteiger partial charge in [-0.2, -0.15) is 5.26 Å². The molecule has 1 atom stereocenters. The molecule has 3 aromatic carbocycles. The van der Waals surface area contributed by atoms with Crippen molar-refractivity contribution in [1.29, 1.82) is 5.26 Å². The molecular weight excluding hydrogens is 436 g/mol. The van der Waals surface area contributed by atoms with Gasteiger partial charge in [0, 0.05) is 18.0 Å². The zero-order valence-corrected chi connectivity index (χ0v) is 18.2. The van der Waals surface area contributed by atoms with Crippen LogP contribution in [0.25, 0.3) is 22.0 Å². The monoisotopic (exact) mass is 453 g/mol. The highest BCUT2D eigenvalue weighted by Gasteiger charge is 2.16. The number of pyridine rings is 1. The molecule has 162 valence electrons. The minimum atomic E-state index is -2.57. The van der Waals surface area contributed by atoms with Crippen molar-refractivity contribution < 1.29 is 13.2 Å². The standard InChI is InChI=1S/C25H18N4O3S/c26-16-18-8-6-17(7-9-18)10-13-24-28-21-15-20(11-12-23(21)32-24)29(33(30)31)22-5-1-3-19-4-2-14-27-25(19)22/h1-9,11-12,14-15H,10,13H2,(H,30,31)/p-1. The second-order valence-electron chi connectivity index (χ2n) is 7.43. The van der Waals surface area contributed by atoms with Gasteiger partial charge in [0.2, 0.25) is 0 Å². The van der Waals surface area contributed by atoms with E-state index < -0.39 is 11.3 Å². The fraction of sp³-hybridized carbons (Fsp3) is 0.0800. The molecule has 0 radical (unpaired) electrons. The first-order valence-electron chi connectivity index (χ1n) is 10.2. The van der Waals surface area contributed by atoms with Crippen molar-refractivity contribution in [2.45, 2.75) is 12.8 Å². The summed E-state index contributed by atoms with van der Waals surface area (Å²) in [6.07, 6.45) is 2.93. The third-order valence-electron chi connectivity index (χ3n) is 5.34. The number of aryl methyl sites for hydroxylation is 2. The Morgan fingerprint density at radius 2 is 1.85 bits per heavy atom. The van der Waals surface area contributed by atoms with E-state index in [2.05, 4.69) is 16.0 Å².